The van der Waals surface area contributed by atoms with Gasteiger partial charge in [-0.2, -0.15) is 0 Å². The summed E-state index contributed by atoms with van der Waals surface area (Å²) in [6, 6.07) is 3.91. The number of nitrogens with one attached hydrogen (secondary N) is 2. The maximum atomic E-state index is 10.6. The maximum Gasteiger partial charge on any atom is 0.166 e. The summed E-state index contributed by atoms with van der Waals surface area (Å²) < 4.78 is 0. The van der Waals surface area contributed by atoms with Crippen LogP contribution in [-0.2, 0) is 0 Å². The van der Waals surface area contributed by atoms with Crippen molar-refractivity contribution in [2.75, 3.05) is 0 Å². The number of H-pyrrole nitrogens is 2. The summed E-state index contributed by atoms with van der Waals surface area (Å²) in [6.07, 6.45) is 4.54. The molecule has 0 aliphatic carbocycles. The summed E-state index contributed by atoms with van der Waals surface area (Å²) >= 11 is 0. The molecule has 0 atom stereocenters. The zero-order valence-corrected chi connectivity index (χ0v) is 7.29. The lowest BCUT2D eigenvalue weighted by Gasteiger charge is -1.94. The maximum absolute atomic E-state index is 10.6. The molecule has 0 bridgehead atoms. The minimum absolute atomic E-state index is 0.643. The minimum Gasteiger partial charge on any atom is -0.361 e. The van der Waals surface area contributed by atoms with Gasteiger partial charge >= 0.3 is 0 Å². The second-order valence-corrected chi connectivity index (χ2v) is 2.94. The zero-order chi connectivity index (χ0) is 9.26. The third kappa shape index (κ3) is 1.18. The first-order valence-electron chi connectivity index (χ1n) is 4.10. The molecule has 0 spiro atoms. The van der Waals surface area contributed by atoms with Crippen LogP contribution >= 0.6 is 0 Å². The van der Waals surface area contributed by atoms with Crippen LogP contribution in [0.25, 0.3) is 11.3 Å². The Morgan fingerprint density at radius 1 is 1.38 bits per heavy atom. The van der Waals surface area contributed by atoms with E-state index in [9.17, 15) is 4.79 Å². The van der Waals surface area contributed by atoms with E-state index in [1.807, 2.05) is 31.5 Å². The number of aldehydes is 1. The Bertz CT molecular complexity index is 412. The van der Waals surface area contributed by atoms with Gasteiger partial charge in [0.05, 0.1) is 5.69 Å². The van der Waals surface area contributed by atoms with Crippen molar-refractivity contribution in [3.8, 4) is 11.3 Å². The predicted octanol–water partition coefficient (Wildman–Crippen LogP) is 2.13. The van der Waals surface area contributed by atoms with E-state index in [2.05, 4.69) is 9.97 Å². The number of carbonyl (C=O) groups excluding carboxylic acids is 1. The van der Waals surface area contributed by atoms with E-state index in [0.717, 1.165) is 23.1 Å². The minimum atomic E-state index is 0.643. The van der Waals surface area contributed by atoms with Crippen LogP contribution in [0, 0.1) is 6.92 Å². The second-order valence-electron chi connectivity index (χ2n) is 2.94. The van der Waals surface area contributed by atoms with Crippen LogP contribution in [0.4, 0.5) is 0 Å². The molecule has 0 aromatic carbocycles. The summed E-state index contributed by atoms with van der Waals surface area (Å²) in [5, 5.41) is 0. The lowest BCUT2D eigenvalue weighted by atomic mass is 10.1. The van der Waals surface area contributed by atoms with E-state index in [0.29, 0.717) is 5.69 Å². The van der Waals surface area contributed by atoms with E-state index >= 15 is 0 Å². The van der Waals surface area contributed by atoms with E-state index in [1.54, 1.807) is 0 Å². The van der Waals surface area contributed by atoms with Crippen LogP contribution in [-0.4, -0.2) is 16.3 Å². The number of hydrogen-bond acceptors (Lipinski definition) is 1. The van der Waals surface area contributed by atoms with E-state index in [1.165, 1.54) is 0 Å². The molecule has 3 nitrogen and oxygen atoms in total. The smallest absolute Gasteiger partial charge is 0.166 e. The summed E-state index contributed by atoms with van der Waals surface area (Å²) in [6.45, 7) is 1.93. The highest BCUT2D eigenvalue weighted by Crippen LogP contribution is 2.22. The molecule has 66 valence electrons. The Labute approximate surface area is 75.8 Å². The molecule has 0 amide bonds. The van der Waals surface area contributed by atoms with Crippen LogP contribution in [0.5, 0.6) is 0 Å². The molecular weight excluding hydrogens is 164 g/mol. The molecule has 0 saturated carbocycles. The van der Waals surface area contributed by atoms with E-state index < -0.39 is 0 Å². The number of hydrogen-bond donors (Lipinski definition) is 2. The van der Waals surface area contributed by atoms with E-state index in [-0.39, 0.29) is 0 Å². The highest BCUT2D eigenvalue weighted by molar-refractivity contribution is 5.80. The summed E-state index contributed by atoms with van der Waals surface area (Å²) in [5.74, 6) is 0. The fourth-order valence-electron chi connectivity index (χ4n) is 1.41. The average Bonchev–Trinajstić information content (AvgIpc) is 2.72. The highest BCUT2D eigenvalue weighted by atomic mass is 16.1. The molecule has 0 aliphatic rings. The number of rotatable bonds is 2. The van der Waals surface area contributed by atoms with Gasteiger partial charge in [-0.25, -0.2) is 0 Å². The van der Waals surface area contributed by atoms with Crippen molar-refractivity contribution in [3.05, 3.63) is 35.8 Å². The van der Waals surface area contributed by atoms with Gasteiger partial charge in [0, 0.05) is 23.7 Å². The third-order valence-corrected chi connectivity index (χ3v) is 2.19. The Morgan fingerprint density at radius 2 is 2.23 bits per heavy atom. The van der Waals surface area contributed by atoms with Gasteiger partial charge in [0.2, 0.25) is 0 Å². The summed E-state index contributed by atoms with van der Waals surface area (Å²) in [7, 11) is 0. The van der Waals surface area contributed by atoms with Crippen LogP contribution in [0.15, 0.2) is 24.5 Å². The number of carbonyl (C=O) groups is 1. The SMILES string of the molecule is Cc1c(-c2ccc[nH]2)c[nH]c1C=O. The quantitative estimate of drug-likeness (QED) is 0.673. The van der Waals surface area contributed by atoms with Gasteiger partial charge < -0.3 is 9.97 Å². The fraction of sp³-hybridized carbons (Fsp3) is 0.100. The molecule has 2 aromatic rings. The average molecular weight is 174 g/mol. The van der Waals surface area contributed by atoms with Crippen molar-refractivity contribution >= 4 is 6.29 Å². The molecule has 0 unspecified atom stereocenters. The topological polar surface area (TPSA) is 48.6 Å². The van der Waals surface area contributed by atoms with Crippen molar-refractivity contribution in [1.29, 1.82) is 0 Å². The van der Waals surface area contributed by atoms with Gasteiger partial charge in [0.1, 0.15) is 0 Å². The Hall–Kier alpha value is -1.77. The first-order chi connectivity index (χ1) is 6.33. The normalized spacial score (nSPS) is 10.2. The molecule has 0 saturated heterocycles. The van der Waals surface area contributed by atoms with Crippen molar-refractivity contribution in [2.24, 2.45) is 0 Å². The van der Waals surface area contributed by atoms with Crippen LogP contribution in [0.1, 0.15) is 16.1 Å². The molecule has 0 fully saturated rings. The van der Waals surface area contributed by atoms with Crippen molar-refractivity contribution in [2.45, 2.75) is 6.92 Å². The van der Waals surface area contributed by atoms with E-state index in [4.69, 9.17) is 0 Å². The Kier molecular flexibility index (Phi) is 1.77. The Morgan fingerprint density at radius 3 is 2.77 bits per heavy atom. The number of aromatic nitrogens is 2. The first kappa shape index (κ1) is 7.86. The molecule has 2 rings (SSSR count). The van der Waals surface area contributed by atoms with Crippen molar-refractivity contribution in [3.63, 3.8) is 0 Å². The molecule has 2 N–H and O–H groups in total. The summed E-state index contributed by atoms with van der Waals surface area (Å²) in [4.78, 5) is 16.6. The standard InChI is InChI=1S/C10H10N2O/c1-7-8(5-12-10(7)6-13)9-3-2-4-11-9/h2-6,11-12H,1H3. The van der Waals surface area contributed by atoms with Crippen molar-refractivity contribution in [1.82, 2.24) is 9.97 Å². The molecule has 2 aromatic heterocycles. The van der Waals surface area contributed by atoms with Crippen LogP contribution < -0.4 is 0 Å². The molecule has 0 radical (unpaired) electrons. The van der Waals surface area contributed by atoms with Gasteiger partial charge in [0.15, 0.2) is 6.29 Å². The predicted molar refractivity (Wildman–Crippen MR) is 50.7 cm³/mol. The van der Waals surface area contributed by atoms with Gasteiger partial charge in [-0.1, -0.05) is 0 Å². The molecule has 13 heavy (non-hydrogen) atoms. The first-order valence-corrected chi connectivity index (χ1v) is 4.10. The fourth-order valence-corrected chi connectivity index (χ4v) is 1.41. The van der Waals surface area contributed by atoms with Gasteiger partial charge in [-0.15, -0.1) is 0 Å². The molecular formula is C10H10N2O. The number of aromatic amines is 2. The highest BCUT2D eigenvalue weighted by Gasteiger charge is 2.07. The zero-order valence-electron chi connectivity index (χ0n) is 7.29. The monoisotopic (exact) mass is 174 g/mol. The van der Waals surface area contributed by atoms with Gasteiger partial charge in [-0.05, 0) is 24.6 Å². The summed E-state index contributed by atoms with van der Waals surface area (Å²) in [5.41, 5.74) is 3.70. The molecule has 0 aliphatic heterocycles. The van der Waals surface area contributed by atoms with Gasteiger partial charge in [-0.3, -0.25) is 4.79 Å². The second kappa shape index (κ2) is 2.94. The van der Waals surface area contributed by atoms with Crippen molar-refractivity contribution < 1.29 is 4.79 Å². The van der Waals surface area contributed by atoms with Crippen LogP contribution in [0.2, 0.25) is 0 Å². The van der Waals surface area contributed by atoms with Gasteiger partial charge in [0.25, 0.3) is 0 Å². The largest absolute Gasteiger partial charge is 0.361 e. The Balaban J connectivity index is 2.53. The van der Waals surface area contributed by atoms with Crippen LogP contribution in [0.3, 0.4) is 0 Å². The lowest BCUT2D eigenvalue weighted by Crippen LogP contribution is -1.82. The lowest BCUT2D eigenvalue weighted by molar-refractivity contribution is 0.111. The third-order valence-electron chi connectivity index (χ3n) is 2.19. The molecule has 3 heteroatoms. The molecule has 2 heterocycles.